The molecule has 1 heterocycles. The van der Waals surface area contributed by atoms with E-state index in [1.165, 1.54) is 7.11 Å². The fraction of sp³-hybridized carbons (Fsp3) is 0.190. The second kappa shape index (κ2) is 7.96. The van der Waals surface area contributed by atoms with Crippen molar-refractivity contribution in [1.82, 2.24) is 4.90 Å². The number of carbonyl (C=O) groups is 3. The average molecular weight is 380 g/mol. The number of carboxylic acid groups (broad SMARTS) is 1. The number of benzene rings is 2. The molecule has 0 bridgehead atoms. The first-order valence-corrected chi connectivity index (χ1v) is 8.61. The Bertz CT molecular complexity index is 950. The first-order chi connectivity index (χ1) is 13.4. The zero-order chi connectivity index (χ0) is 20.3. The van der Waals surface area contributed by atoms with E-state index < -0.39 is 30.1 Å². The Labute approximate surface area is 161 Å². The number of hydrogen-bond acceptors (Lipinski definition) is 6. The predicted molar refractivity (Wildman–Crippen MR) is 98.1 cm³/mol. The molecule has 1 atom stereocenters. The van der Waals surface area contributed by atoms with E-state index in [0.29, 0.717) is 16.9 Å². The fourth-order valence-electron chi connectivity index (χ4n) is 3.23. The van der Waals surface area contributed by atoms with Gasteiger partial charge < -0.3 is 24.6 Å². The summed E-state index contributed by atoms with van der Waals surface area (Å²) in [4.78, 5) is 37.3. The van der Waals surface area contributed by atoms with E-state index in [-0.39, 0.29) is 17.9 Å². The topological polar surface area (TPSA) is 107 Å². The SMILES string of the molecule is COc1cccc([C@@H]2C(=C(O)c3ccccc3)C(=O)C(=O)N2CCC(=O)[O-])c1. The smallest absolute Gasteiger partial charge is 0.295 e. The first kappa shape index (κ1) is 19.2. The van der Waals surface area contributed by atoms with Crippen LogP contribution in [-0.2, 0) is 14.4 Å². The Morgan fingerprint density at radius 2 is 1.86 bits per heavy atom. The number of carbonyl (C=O) groups excluding carboxylic acids is 3. The normalized spacial score (nSPS) is 18.3. The van der Waals surface area contributed by atoms with Crippen LogP contribution in [0.1, 0.15) is 23.6 Å². The minimum absolute atomic E-state index is 0.0946. The van der Waals surface area contributed by atoms with Crippen LogP contribution in [0.25, 0.3) is 5.76 Å². The summed E-state index contributed by atoms with van der Waals surface area (Å²) in [5, 5.41) is 21.7. The van der Waals surface area contributed by atoms with Crippen LogP contribution in [-0.4, -0.2) is 41.3 Å². The molecule has 0 spiro atoms. The van der Waals surface area contributed by atoms with Gasteiger partial charge in [-0.25, -0.2) is 0 Å². The van der Waals surface area contributed by atoms with Gasteiger partial charge in [0.1, 0.15) is 11.5 Å². The van der Waals surface area contributed by atoms with Crippen molar-refractivity contribution in [3.63, 3.8) is 0 Å². The van der Waals surface area contributed by atoms with Crippen LogP contribution in [0.3, 0.4) is 0 Å². The molecule has 0 aromatic heterocycles. The molecule has 1 saturated heterocycles. The summed E-state index contributed by atoms with van der Waals surface area (Å²) in [6.07, 6.45) is -0.432. The Morgan fingerprint density at radius 3 is 2.50 bits per heavy atom. The van der Waals surface area contributed by atoms with Crippen LogP contribution >= 0.6 is 0 Å². The summed E-state index contributed by atoms with van der Waals surface area (Å²) in [6, 6.07) is 14.2. The Kier molecular flexibility index (Phi) is 5.44. The van der Waals surface area contributed by atoms with Crippen molar-refractivity contribution in [1.29, 1.82) is 0 Å². The van der Waals surface area contributed by atoms with Crippen LogP contribution in [0, 0.1) is 0 Å². The number of methoxy groups -OCH3 is 1. The van der Waals surface area contributed by atoms with Crippen molar-refractivity contribution in [2.45, 2.75) is 12.5 Å². The molecule has 1 aliphatic rings. The van der Waals surface area contributed by atoms with E-state index in [0.717, 1.165) is 4.90 Å². The number of ether oxygens (including phenoxy) is 1. The molecule has 2 aromatic carbocycles. The van der Waals surface area contributed by atoms with E-state index in [1.807, 2.05) is 0 Å². The number of amides is 1. The van der Waals surface area contributed by atoms with Crippen LogP contribution in [0.15, 0.2) is 60.2 Å². The molecular weight excluding hydrogens is 362 g/mol. The van der Waals surface area contributed by atoms with E-state index in [1.54, 1.807) is 54.6 Å². The number of aliphatic hydroxyl groups is 1. The summed E-state index contributed by atoms with van der Waals surface area (Å²) >= 11 is 0. The zero-order valence-electron chi connectivity index (χ0n) is 15.1. The van der Waals surface area contributed by atoms with Crippen molar-refractivity contribution in [3.8, 4) is 5.75 Å². The number of ketones is 1. The molecule has 1 fully saturated rings. The summed E-state index contributed by atoms with van der Waals surface area (Å²) in [5.74, 6) is -2.89. The zero-order valence-corrected chi connectivity index (χ0v) is 15.1. The van der Waals surface area contributed by atoms with Crippen molar-refractivity contribution in [3.05, 3.63) is 71.3 Å². The largest absolute Gasteiger partial charge is 0.550 e. The second-order valence-electron chi connectivity index (χ2n) is 6.26. The Hall–Kier alpha value is -3.61. The molecule has 1 amide bonds. The first-order valence-electron chi connectivity index (χ1n) is 8.61. The van der Waals surface area contributed by atoms with Gasteiger partial charge in [-0.1, -0.05) is 42.5 Å². The Morgan fingerprint density at radius 1 is 1.14 bits per heavy atom. The van der Waals surface area contributed by atoms with Gasteiger partial charge in [0, 0.05) is 24.5 Å². The molecule has 1 aliphatic heterocycles. The third-order valence-corrected chi connectivity index (χ3v) is 4.55. The van der Waals surface area contributed by atoms with Gasteiger partial charge in [-0.3, -0.25) is 9.59 Å². The molecule has 1 N–H and O–H groups in total. The molecule has 3 rings (SSSR count). The van der Waals surface area contributed by atoms with Gasteiger partial charge in [-0.15, -0.1) is 0 Å². The lowest BCUT2D eigenvalue weighted by Gasteiger charge is -2.25. The molecule has 28 heavy (non-hydrogen) atoms. The molecule has 7 nitrogen and oxygen atoms in total. The molecule has 0 aliphatic carbocycles. The minimum Gasteiger partial charge on any atom is -0.550 e. The average Bonchev–Trinajstić information content (AvgIpc) is 2.97. The van der Waals surface area contributed by atoms with Crippen LogP contribution in [0.5, 0.6) is 5.75 Å². The van der Waals surface area contributed by atoms with Gasteiger partial charge in [-0.05, 0) is 17.7 Å². The van der Waals surface area contributed by atoms with Crippen LogP contribution < -0.4 is 9.84 Å². The lowest BCUT2D eigenvalue weighted by molar-refractivity contribution is -0.305. The van der Waals surface area contributed by atoms with Gasteiger partial charge in [0.2, 0.25) is 0 Å². The van der Waals surface area contributed by atoms with Gasteiger partial charge >= 0.3 is 0 Å². The highest BCUT2D eigenvalue weighted by molar-refractivity contribution is 6.46. The third-order valence-electron chi connectivity index (χ3n) is 4.55. The molecule has 7 heteroatoms. The van der Waals surface area contributed by atoms with Crippen molar-refractivity contribution in [2.24, 2.45) is 0 Å². The van der Waals surface area contributed by atoms with E-state index in [4.69, 9.17) is 4.74 Å². The number of aliphatic hydroxyl groups excluding tert-OH is 1. The number of rotatable bonds is 6. The van der Waals surface area contributed by atoms with Gasteiger partial charge in [-0.2, -0.15) is 0 Å². The minimum atomic E-state index is -1.34. The lowest BCUT2D eigenvalue weighted by atomic mass is 9.95. The number of likely N-dealkylation sites (tertiary alicyclic amines) is 1. The fourth-order valence-corrected chi connectivity index (χ4v) is 3.23. The number of Topliss-reactive ketones (excluding diaryl/α,β-unsaturated/α-hetero) is 1. The maximum atomic E-state index is 12.7. The molecule has 0 radical (unpaired) electrons. The van der Waals surface area contributed by atoms with Gasteiger partial charge in [0.25, 0.3) is 11.7 Å². The van der Waals surface area contributed by atoms with Crippen molar-refractivity contribution in [2.75, 3.05) is 13.7 Å². The van der Waals surface area contributed by atoms with E-state index in [9.17, 15) is 24.6 Å². The standard InChI is InChI=1S/C21H19NO6/c1-28-15-9-5-8-14(12-15)18-17(19(25)13-6-3-2-4-7-13)20(26)21(27)22(18)11-10-16(23)24/h2-9,12,18,25H,10-11H2,1H3,(H,23,24)/p-1/t18-/m1/s1. The van der Waals surface area contributed by atoms with Crippen molar-refractivity contribution >= 4 is 23.4 Å². The maximum absolute atomic E-state index is 12.7. The third kappa shape index (κ3) is 3.59. The summed E-state index contributed by atoms with van der Waals surface area (Å²) in [6.45, 7) is -0.222. The molecule has 144 valence electrons. The molecule has 2 aromatic rings. The van der Waals surface area contributed by atoms with Crippen LogP contribution in [0.4, 0.5) is 0 Å². The Balaban J connectivity index is 2.16. The highest BCUT2D eigenvalue weighted by Crippen LogP contribution is 2.40. The van der Waals surface area contributed by atoms with Gasteiger partial charge in [0.05, 0.1) is 18.7 Å². The van der Waals surface area contributed by atoms with Crippen LogP contribution in [0.2, 0.25) is 0 Å². The second-order valence-corrected chi connectivity index (χ2v) is 6.26. The van der Waals surface area contributed by atoms with Crippen molar-refractivity contribution < 1.29 is 29.3 Å². The molecule has 0 saturated carbocycles. The monoisotopic (exact) mass is 380 g/mol. The number of nitrogens with zero attached hydrogens (tertiary/aromatic N) is 1. The quantitative estimate of drug-likeness (QED) is 0.459. The number of carboxylic acids is 1. The lowest BCUT2D eigenvalue weighted by Crippen LogP contribution is -2.34. The van der Waals surface area contributed by atoms with E-state index in [2.05, 4.69) is 0 Å². The molecular formula is C21H18NO6-. The van der Waals surface area contributed by atoms with Gasteiger partial charge in [0.15, 0.2) is 0 Å². The van der Waals surface area contributed by atoms with E-state index >= 15 is 0 Å². The maximum Gasteiger partial charge on any atom is 0.295 e. The summed E-state index contributed by atoms with van der Waals surface area (Å²) in [5.41, 5.74) is 0.811. The number of hydrogen-bond donors (Lipinski definition) is 1. The predicted octanol–water partition coefficient (Wildman–Crippen LogP) is 1.26. The number of aliphatic carboxylic acids is 1. The summed E-state index contributed by atoms with van der Waals surface area (Å²) < 4.78 is 5.21. The highest BCUT2D eigenvalue weighted by atomic mass is 16.5. The highest BCUT2D eigenvalue weighted by Gasteiger charge is 2.45. The molecule has 0 unspecified atom stereocenters. The summed E-state index contributed by atoms with van der Waals surface area (Å²) in [7, 11) is 1.48.